The number of hydrogen-bond acceptors (Lipinski definition) is 1. The van der Waals surface area contributed by atoms with Gasteiger partial charge < -0.3 is 4.74 Å². The van der Waals surface area contributed by atoms with Gasteiger partial charge in [0, 0.05) is 12.3 Å². The van der Waals surface area contributed by atoms with Crippen LogP contribution in [0.25, 0.3) is 0 Å². The van der Waals surface area contributed by atoms with Gasteiger partial charge in [0.25, 0.3) is 0 Å². The predicted octanol–water partition coefficient (Wildman–Crippen LogP) is 4.66. The molecule has 0 amide bonds. The molecule has 19 heavy (non-hydrogen) atoms. The fourth-order valence-electron chi connectivity index (χ4n) is 1.95. The minimum Gasteiger partial charge on any atom is -0.493 e. The standard InChI is InChI=1S/C17H19ClO/c1-13-4-3-5-17(14(13)2)19-11-10-15-6-8-16(12-18)9-7-15/h3-9H,10-12H2,1-2H3. The molecular formula is C17H19ClO. The molecule has 0 saturated heterocycles. The molecule has 0 radical (unpaired) electrons. The van der Waals surface area contributed by atoms with Crippen LogP contribution in [0.3, 0.4) is 0 Å². The lowest BCUT2D eigenvalue weighted by Crippen LogP contribution is -2.03. The molecule has 100 valence electrons. The van der Waals surface area contributed by atoms with Gasteiger partial charge in [-0.05, 0) is 42.2 Å². The molecule has 2 heteroatoms. The van der Waals surface area contributed by atoms with Gasteiger partial charge in [0.15, 0.2) is 0 Å². The van der Waals surface area contributed by atoms with E-state index in [0.717, 1.165) is 17.7 Å². The molecule has 0 saturated carbocycles. The largest absolute Gasteiger partial charge is 0.493 e. The van der Waals surface area contributed by atoms with Gasteiger partial charge in [-0.25, -0.2) is 0 Å². The number of hydrogen-bond donors (Lipinski definition) is 0. The lowest BCUT2D eigenvalue weighted by atomic mass is 10.1. The maximum absolute atomic E-state index is 5.85. The third-order valence-electron chi connectivity index (χ3n) is 3.38. The molecule has 2 aromatic rings. The summed E-state index contributed by atoms with van der Waals surface area (Å²) < 4.78 is 5.85. The molecule has 0 heterocycles. The number of aryl methyl sites for hydroxylation is 1. The zero-order valence-electron chi connectivity index (χ0n) is 11.4. The fourth-order valence-corrected chi connectivity index (χ4v) is 2.13. The van der Waals surface area contributed by atoms with Crippen molar-refractivity contribution >= 4 is 11.6 Å². The Kier molecular flexibility index (Phi) is 4.86. The van der Waals surface area contributed by atoms with E-state index >= 15 is 0 Å². The summed E-state index contributed by atoms with van der Waals surface area (Å²) in [4.78, 5) is 0. The Morgan fingerprint density at radius 2 is 1.63 bits per heavy atom. The first kappa shape index (κ1) is 14.0. The molecule has 0 aliphatic heterocycles. The first-order valence-electron chi connectivity index (χ1n) is 6.53. The van der Waals surface area contributed by atoms with Crippen molar-refractivity contribution in [3.63, 3.8) is 0 Å². The van der Waals surface area contributed by atoms with Crippen molar-refractivity contribution in [2.75, 3.05) is 6.61 Å². The van der Waals surface area contributed by atoms with E-state index < -0.39 is 0 Å². The fraction of sp³-hybridized carbons (Fsp3) is 0.294. The topological polar surface area (TPSA) is 9.23 Å². The van der Waals surface area contributed by atoms with Crippen molar-refractivity contribution in [1.82, 2.24) is 0 Å². The highest BCUT2D eigenvalue weighted by Gasteiger charge is 2.01. The highest BCUT2D eigenvalue weighted by atomic mass is 35.5. The summed E-state index contributed by atoms with van der Waals surface area (Å²) in [5.41, 5.74) is 4.92. The summed E-state index contributed by atoms with van der Waals surface area (Å²) >= 11 is 5.77. The van der Waals surface area contributed by atoms with Crippen LogP contribution in [0, 0.1) is 13.8 Å². The average molecular weight is 275 g/mol. The highest BCUT2D eigenvalue weighted by molar-refractivity contribution is 6.17. The maximum atomic E-state index is 5.85. The highest BCUT2D eigenvalue weighted by Crippen LogP contribution is 2.20. The monoisotopic (exact) mass is 274 g/mol. The van der Waals surface area contributed by atoms with Crippen molar-refractivity contribution in [2.24, 2.45) is 0 Å². The van der Waals surface area contributed by atoms with Crippen molar-refractivity contribution in [3.05, 3.63) is 64.7 Å². The zero-order valence-corrected chi connectivity index (χ0v) is 12.2. The number of ether oxygens (including phenoxy) is 1. The van der Waals surface area contributed by atoms with Crippen LogP contribution < -0.4 is 4.74 Å². The number of rotatable bonds is 5. The van der Waals surface area contributed by atoms with E-state index in [4.69, 9.17) is 16.3 Å². The summed E-state index contributed by atoms with van der Waals surface area (Å²) in [5, 5.41) is 0. The third kappa shape index (κ3) is 3.74. The lowest BCUT2D eigenvalue weighted by molar-refractivity contribution is 0.319. The number of benzene rings is 2. The molecule has 0 aromatic heterocycles. The summed E-state index contributed by atoms with van der Waals surface area (Å²) in [6.07, 6.45) is 0.913. The molecule has 0 spiro atoms. The molecule has 0 fully saturated rings. The molecular weight excluding hydrogens is 256 g/mol. The molecule has 0 bridgehead atoms. The third-order valence-corrected chi connectivity index (χ3v) is 3.69. The second-order valence-electron chi connectivity index (χ2n) is 4.75. The summed E-state index contributed by atoms with van der Waals surface area (Å²) in [5.74, 6) is 1.55. The average Bonchev–Trinajstić information content (AvgIpc) is 2.44. The second kappa shape index (κ2) is 6.63. The first-order chi connectivity index (χ1) is 9.20. The molecule has 2 aromatic carbocycles. The van der Waals surface area contributed by atoms with Gasteiger partial charge in [-0.2, -0.15) is 0 Å². The minimum absolute atomic E-state index is 0.569. The van der Waals surface area contributed by atoms with E-state index in [-0.39, 0.29) is 0 Å². The minimum atomic E-state index is 0.569. The van der Waals surface area contributed by atoms with Crippen molar-refractivity contribution in [2.45, 2.75) is 26.1 Å². The van der Waals surface area contributed by atoms with Crippen LogP contribution in [-0.2, 0) is 12.3 Å². The van der Waals surface area contributed by atoms with Gasteiger partial charge in [-0.3, -0.25) is 0 Å². The molecule has 1 nitrogen and oxygen atoms in total. The van der Waals surface area contributed by atoms with Gasteiger partial charge in [-0.15, -0.1) is 11.6 Å². The molecule has 0 unspecified atom stereocenters. The quantitative estimate of drug-likeness (QED) is 0.721. The van der Waals surface area contributed by atoms with E-state index in [0.29, 0.717) is 12.5 Å². The van der Waals surface area contributed by atoms with Gasteiger partial charge in [0.1, 0.15) is 5.75 Å². The normalized spacial score (nSPS) is 10.5. The van der Waals surface area contributed by atoms with E-state index in [2.05, 4.69) is 44.2 Å². The zero-order chi connectivity index (χ0) is 13.7. The Morgan fingerprint density at radius 1 is 0.947 bits per heavy atom. The van der Waals surface area contributed by atoms with Gasteiger partial charge in [-0.1, -0.05) is 36.4 Å². The summed E-state index contributed by atoms with van der Waals surface area (Å²) in [6, 6.07) is 14.5. The first-order valence-corrected chi connectivity index (χ1v) is 7.07. The van der Waals surface area contributed by atoms with Crippen LogP contribution in [0.1, 0.15) is 22.3 Å². The van der Waals surface area contributed by atoms with Crippen LogP contribution in [0.4, 0.5) is 0 Å². The van der Waals surface area contributed by atoms with Crippen LogP contribution in [-0.4, -0.2) is 6.61 Å². The van der Waals surface area contributed by atoms with Gasteiger partial charge >= 0.3 is 0 Å². The molecule has 0 N–H and O–H groups in total. The molecule has 0 atom stereocenters. The second-order valence-corrected chi connectivity index (χ2v) is 5.01. The molecule has 0 aliphatic rings. The maximum Gasteiger partial charge on any atom is 0.122 e. The van der Waals surface area contributed by atoms with E-state index in [1.54, 1.807) is 0 Å². The predicted molar refractivity (Wildman–Crippen MR) is 81.1 cm³/mol. The Bertz CT molecular complexity index is 531. The molecule has 0 aliphatic carbocycles. The van der Waals surface area contributed by atoms with Crippen molar-refractivity contribution < 1.29 is 4.74 Å². The summed E-state index contributed by atoms with van der Waals surface area (Å²) in [7, 11) is 0. The Balaban J connectivity index is 1.90. The molecule has 2 rings (SSSR count). The Morgan fingerprint density at radius 3 is 2.32 bits per heavy atom. The van der Waals surface area contributed by atoms with E-state index in [9.17, 15) is 0 Å². The van der Waals surface area contributed by atoms with E-state index in [1.807, 2.05) is 12.1 Å². The number of alkyl halides is 1. The van der Waals surface area contributed by atoms with Crippen molar-refractivity contribution in [1.29, 1.82) is 0 Å². The lowest BCUT2D eigenvalue weighted by Gasteiger charge is -2.11. The van der Waals surface area contributed by atoms with Crippen molar-refractivity contribution in [3.8, 4) is 5.75 Å². The Hall–Kier alpha value is -1.47. The number of halogens is 1. The van der Waals surface area contributed by atoms with Gasteiger partial charge in [0.2, 0.25) is 0 Å². The van der Waals surface area contributed by atoms with Crippen LogP contribution in [0.2, 0.25) is 0 Å². The van der Waals surface area contributed by atoms with Crippen LogP contribution in [0.15, 0.2) is 42.5 Å². The van der Waals surface area contributed by atoms with Crippen LogP contribution in [0.5, 0.6) is 5.75 Å². The van der Waals surface area contributed by atoms with E-state index in [1.165, 1.54) is 16.7 Å². The van der Waals surface area contributed by atoms with Crippen LogP contribution >= 0.6 is 11.6 Å². The van der Waals surface area contributed by atoms with Gasteiger partial charge in [0.05, 0.1) is 6.61 Å². The Labute approximate surface area is 120 Å². The SMILES string of the molecule is Cc1cccc(OCCc2ccc(CCl)cc2)c1C. The summed E-state index contributed by atoms with van der Waals surface area (Å²) in [6.45, 7) is 4.90. The smallest absolute Gasteiger partial charge is 0.122 e.